The average molecular weight is 515 g/mol. The number of carbonyl (C=O) groups excluding carboxylic acids is 2. The topological polar surface area (TPSA) is 53.0 Å². The van der Waals surface area contributed by atoms with Crippen LogP contribution in [0.15, 0.2) is 82.4 Å². The molecule has 0 N–H and O–H groups in total. The number of hydrazone groups is 1. The number of nitrogens with zero attached hydrogens (tertiary/aromatic N) is 3. The van der Waals surface area contributed by atoms with Crippen molar-refractivity contribution in [2.24, 2.45) is 11.0 Å². The molecule has 31 heavy (non-hydrogen) atoms. The fraction of sp³-hybridized carbons (Fsp3) is 0.0870. The lowest BCUT2D eigenvalue weighted by Crippen LogP contribution is -2.39. The van der Waals surface area contributed by atoms with Gasteiger partial charge in [0.15, 0.2) is 0 Å². The summed E-state index contributed by atoms with van der Waals surface area (Å²) in [6, 6.07) is 20.8. The summed E-state index contributed by atoms with van der Waals surface area (Å²) >= 11 is 15.8. The van der Waals surface area contributed by atoms with Crippen LogP contribution < -0.4 is 9.91 Å². The van der Waals surface area contributed by atoms with Gasteiger partial charge in [0.05, 0.1) is 22.1 Å². The minimum atomic E-state index is -0.791. The summed E-state index contributed by atoms with van der Waals surface area (Å²) in [5.41, 5.74) is 2.38. The van der Waals surface area contributed by atoms with Crippen molar-refractivity contribution in [1.29, 1.82) is 0 Å². The molecule has 3 aromatic carbocycles. The van der Waals surface area contributed by atoms with Crippen LogP contribution in [0, 0.1) is 5.92 Å². The number of hydrogen-bond acceptors (Lipinski definition) is 4. The fourth-order valence-electron chi connectivity index (χ4n) is 3.97. The average Bonchev–Trinajstić information content (AvgIpc) is 3.27. The molecule has 8 heteroatoms. The predicted molar refractivity (Wildman–Crippen MR) is 126 cm³/mol. The number of amides is 2. The number of fused-ring (bicyclic) bond motifs is 1. The molecule has 0 saturated carbocycles. The predicted octanol–water partition coefficient (Wildman–Crippen LogP) is 5.54. The molecule has 0 aliphatic carbocycles. The Morgan fingerprint density at radius 1 is 0.871 bits per heavy atom. The van der Waals surface area contributed by atoms with Gasteiger partial charge in [0.2, 0.25) is 5.91 Å². The van der Waals surface area contributed by atoms with Crippen LogP contribution in [-0.4, -0.2) is 23.6 Å². The van der Waals surface area contributed by atoms with E-state index in [4.69, 9.17) is 28.3 Å². The first-order valence-corrected chi connectivity index (χ1v) is 11.0. The Kier molecular flexibility index (Phi) is 5.08. The van der Waals surface area contributed by atoms with Crippen LogP contribution in [0.1, 0.15) is 5.56 Å². The van der Waals surface area contributed by atoms with Crippen LogP contribution in [-0.2, 0) is 9.59 Å². The summed E-state index contributed by atoms with van der Waals surface area (Å²) in [6.45, 7) is 0. The van der Waals surface area contributed by atoms with E-state index in [0.717, 1.165) is 20.6 Å². The third kappa shape index (κ3) is 3.35. The molecular weight excluding hydrogens is 501 g/mol. The second-order valence-electron chi connectivity index (χ2n) is 7.20. The van der Waals surface area contributed by atoms with Gasteiger partial charge in [-0.25, -0.2) is 4.90 Å². The molecule has 154 valence electrons. The summed E-state index contributed by atoms with van der Waals surface area (Å²) in [7, 11) is 0. The molecule has 0 radical (unpaired) electrons. The lowest BCUT2D eigenvalue weighted by atomic mass is 9.93. The van der Waals surface area contributed by atoms with Crippen LogP contribution in [0.5, 0.6) is 0 Å². The molecule has 0 spiro atoms. The highest BCUT2D eigenvalue weighted by Crippen LogP contribution is 2.41. The van der Waals surface area contributed by atoms with Gasteiger partial charge in [-0.1, -0.05) is 69.5 Å². The Hall–Kier alpha value is -2.67. The van der Waals surface area contributed by atoms with E-state index >= 15 is 0 Å². The first-order chi connectivity index (χ1) is 15.0. The fourth-order valence-corrected chi connectivity index (χ4v) is 4.72. The van der Waals surface area contributed by atoms with Crippen molar-refractivity contribution >= 4 is 68.0 Å². The molecular formula is C23H14BrCl2N3O2. The van der Waals surface area contributed by atoms with E-state index in [9.17, 15) is 9.59 Å². The van der Waals surface area contributed by atoms with Gasteiger partial charge in [-0.15, -0.1) is 0 Å². The lowest BCUT2D eigenvalue weighted by molar-refractivity contribution is -0.121. The number of imide groups is 1. The molecule has 5 rings (SSSR count). The standard InChI is InChI=1S/C23H14BrCl2N3O2/c24-14-8-6-13(7-9-14)20-19-21(29(27-20)16-4-2-1-3-5-16)23(31)28(22(19)30)18-11-10-15(25)12-17(18)26/h1-12,19,21H. The third-order valence-electron chi connectivity index (χ3n) is 5.36. The maximum absolute atomic E-state index is 13.6. The smallest absolute Gasteiger partial charge is 0.259 e. The largest absolute Gasteiger partial charge is 0.273 e. The molecule has 3 aromatic rings. The lowest BCUT2D eigenvalue weighted by Gasteiger charge is -2.22. The highest BCUT2D eigenvalue weighted by Gasteiger charge is 2.57. The summed E-state index contributed by atoms with van der Waals surface area (Å²) in [5, 5.41) is 7.02. The van der Waals surface area contributed by atoms with Gasteiger partial charge in [0, 0.05) is 9.50 Å². The van der Waals surface area contributed by atoms with E-state index in [1.54, 1.807) is 17.1 Å². The Morgan fingerprint density at radius 2 is 1.58 bits per heavy atom. The molecule has 0 aromatic heterocycles. The number of carbonyl (C=O) groups is 2. The first-order valence-electron chi connectivity index (χ1n) is 9.47. The highest BCUT2D eigenvalue weighted by atomic mass is 79.9. The van der Waals surface area contributed by atoms with E-state index in [1.807, 2.05) is 54.6 Å². The molecule has 1 fully saturated rings. The van der Waals surface area contributed by atoms with E-state index in [1.165, 1.54) is 6.07 Å². The summed E-state index contributed by atoms with van der Waals surface area (Å²) in [5.74, 6) is -1.49. The Balaban J connectivity index is 1.64. The minimum absolute atomic E-state index is 0.238. The van der Waals surface area contributed by atoms with Gasteiger partial charge in [-0.05, 0) is 48.0 Å². The maximum Gasteiger partial charge on any atom is 0.259 e. The van der Waals surface area contributed by atoms with Crippen molar-refractivity contribution in [3.05, 3.63) is 92.9 Å². The van der Waals surface area contributed by atoms with Crippen molar-refractivity contribution in [2.75, 3.05) is 9.91 Å². The quantitative estimate of drug-likeness (QED) is 0.431. The van der Waals surface area contributed by atoms with Gasteiger partial charge in [0.25, 0.3) is 5.91 Å². The summed E-state index contributed by atoms with van der Waals surface area (Å²) in [4.78, 5) is 28.3. The second-order valence-corrected chi connectivity index (χ2v) is 8.96. The molecule has 2 heterocycles. The van der Waals surface area contributed by atoms with Crippen LogP contribution in [0.3, 0.4) is 0 Å². The number of hydrogen-bond donors (Lipinski definition) is 0. The Labute approximate surface area is 197 Å². The number of benzene rings is 3. The third-order valence-corrected chi connectivity index (χ3v) is 6.43. The Morgan fingerprint density at radius 3 is 2.26 bits per heavy atom. The van der Waals surface area contributed by atoms with E-state index in [0.29, 0.717) is 16.4 Å². The van der Waals surface area contributed by atoms with Gasteiger partial charge in [-0.3, -0.25) is 14.6 Å². The second kappa shape index (κ2) is 7.79. The summed E-state index contributed by atoms with van der Waals surface area (Å²) in [6.07, 6.45) is 0. The summed E-state index contributed by atoms with van der Waals surface area (Å²) < 4.78 is 0.912. The number of para-hydroxylation sites is 1. The van der Waals surface area contributed by atoms with Crippen LogP contribution >= 0.6 is 39.1 Å². The van der Waals surface area contributed by atoms with Crippen molar-refractivity contribution in [3.63, 3.8) is 0 Å². The SMILES string of the molecule is O=C1C2C(c3ccc(Br)cc3)=NN(c3ccccc3)C2C(=O)N1c1ccc(Cl)cc1Cl. The molecule has 2 aliphatic heterocycles. The van der Waals surface area contributed by atoms with Crippen molar-refractivity contribution < 1.29 is 9.59 Å². The molecule has 0 bridgehead atoms. The molecule has 1 saturated heterocycles. The van der Waals surface area contributed by atoms with Gasteiger partial charge in [-0.2, -0.15) is 5.10 Å². The normalized spacial score (nSPS) is 20.3. The zero-order valence-corrected chi connectivity index (χ0v) is 19.0. The van der Waals surface area contributed by atoms with Gasteiger partial charge < -0.3 is 0 Å². The van der Waals surface area contributed by atoms with Crippen molar-refractivity contribution in [2.45, 2.75) is 6.04 Å². The van der Waals surface area contributed by atoms with Gasteiger partial charge in [0.1, 0.15) is 12.0 Å². The van der Waals surface area contributed by atoms with Crippen LogP contribution in [0.25, 0.3) is 0 Å². The van der Waals surface area contributed by atoms with E-state index in [-0.39, 0.29) is 16.8 Å². The first kappa shape index (κ1) is 20.2. The van der Waals surface area contributed by atoms with Crippen LogP contribution in [0.4, 0.5) is 11.4 Å². The van der Waals surface area contributed by atoms with Gasteiger partial charge >= 0.3 is 0 Å². The molecule has 2 atom stereocenters. The van der Waals surface area contributed by atoms with Crippen molar-refractivity contribution in [3.8, 4) is 0 Å². The van der Waals surface area contributed by atoms with Crippen molar-refractivity contribution in [1.82, 2.24) is 0 Å². The monoisotopic (exact) mass is 513 g/mol. The Bertz CT molecular complexity index is 1230. The molecule has 2 unspecified atom stereocenters. The number of rotatable bonds is 3. The molecule has 2 aliphatic rings. The minimum Gasteiger partial charge on any atom is -0.273 e. The zero-order chi connectivity index (χ0) is 21.7. The highest BCUT2D eigenvalue weighted by molar-refractivity contribution is 9.10. The zero-order valence-electron chi connectivity index (χ0n) is 15.9. The molecule has 2 amide bonds. The number of halogens is 3. The van der Waals surface area contributed by atoms with E-state index < -0.39 is 12.0 Å². The van der Waals surface area contributed by atoms with Crippen LogP contribution in [0.2, 0.25) is 10.0 Å². The van der Waals surface area contributed by atoms with E-state index in [2.05, 4.69) is 15.9 Å². The molecule has 5 nitrogen and oxygen atoms in total. The maximum atomic E-state index is 13.6. The number of anilines is 2.